The SMILES string of the molecule is O=C(C1C[C@H]1c1ccccc1)N1CCC2(CC1)SCCN2C(=O)c1ccccc1F. The summed E-state index contributed by atoms with van der Waals surface area (Å²) in [5.41, 5.74) is 1.39. The first-order valence-corrected chi connectivity index (χ1v) is 11.6. The average molecular weight is 425 g/mol. The summed E-state index contributed by atoms with van der Waals surface area (Å²) in [5, 5.41) is 0. The number of hydrogen-bond donors (Lipinski definition) is 0. The fraction of sp³-hybridized carbons (Fsp3) is 0.417. The number of carbonyl (C=O) groups excluding carboxylic acids is 2. The van der Waals surface area contributed by atoms with Crippen LogP contribution in [0.1, 0.15) is 41.1 Å². The van der Waals surface area contributed by atoms with Crippen LogP contribution in [0.15, 0.2) is 54.6 Å². The number of carbonyl (C=O) groups is 2. The number of thioether (sulfide) groups is 1. The zero-order valence-corrected chi connectivity index (χ0v) is 17.6. The van der Waals surface area contributed by atoms with Crippen LogP contribution in [-0.2, 0) is 4.79 Å². The van der Waals surface area contributed by atoms with Crippen LogP contribution in [0.5, 0.6) is 0 Å². The molecule has 2 aromatic rings. The van der Waals surface area contributed by atoms with Gasteiger partial charge in [-0.05, 0) is 42.9 Å². The van der Waals surface area contributed by atoms with Crippen LogP contribution in [0.2, 0.25) is 0 Å². The van der Waals surface area contributed by atoms with Crippen molar-refractivity contribution in [3.63, 3.8) is 0 Å². The Kier molecular flexibility index (Phi) is 5.05. The summed E-state index contributed by atoms with van der Waals surface area (Å²) in [5.74, 6) is 0.830. The highest BCUT2D eigenvalue weighted by molar-refractivity contribution is 8.00. The molecule has 3 aliphatic rings. The summed E-state index contributed by atoms with van der Waals surface area (Å²) >= 11 is 1.78. The minimum absolute atomic E-state index is 0.0915. The molecule has 2 atom stereocenters. The Morgan fingerprint density at radius 1 is 0.967 bits per heavy atom. The van der Waals surface area contributed by atoms with Crippen LogP contribution in [0.4, 0.5) is 4.39 Å². The van der Waals surface area contributed by atoms with Gasteiger partial charge in [0, 0.05) is 31.3 Å². The Labute approximate surface area is 180 Å². The van der Waals surface area contributed by atoms with Crippen molar-refractivity contribution in [2.24, 2.45) is 5.92 Å². The highest BCUT2D eigenvalue weighted by atomic mass is 32.2. The van der Waals surface area contributed by atoms with E-state index in [1.165, 1.54) is 11.6 Å². The largest absolute Gasteiger partial charge is 0.342 e. The van der Waals surface area contributed by atoms with Crippen LogP contribution in [0.3, 0.4) is 0 Å². The van der Waals surface area contributed by atoms with E-state index >= 15 is 0 Å². The molecule has 0 aromatic heterocycles. The minimum Gasteiger partial charge on any atom is -0.342 e. The van der Waals surface area contributed by atoms with Crippen molar-refractivity contribution in [3.8, 4) is 0 Å². The lowest BCUT2D eigenvalue weighted by Gasteiger charge is -2.44. The maximum Gasteiger partial charge on any atom is 0.257 e. The van der Waals surface area contributed by atoms with Gasteiger partial charge < -0.3 is 9.80 Å². The number of halogens is 1. The molecule has 1 unspecified atom stereocenters. The predicted octanol–water partition coefficient (Wildman–Crippen LogP) is 4.14. The van der Waals surface area contributed by atoms with Crippen LogP contribution < -0.4 is 0 Å². The van der Waals surface area contributed by atoms with E-state index in [2.05, 4.69) is 12.1 Å². The van der Waals surface area contributed by atoms with E-state index in [9.17, 15) is 14.0 Å². The molecular weight excluding hydrogens is 399 g/mol. The van der Waals surface area contributed by atoms with E-state index in [1.54, 1.807) is 30.0 Å². The number of benzene rings is 2. The van der Waals surface area contributed by atoms with Crippen molar-refractivity contribution < 1.29 is 14.0 Å². The maximum absolute atomic E-state index is 14.2. The Morgan fingerprint density at radius 3 is 2.40 bits per heavy atom. The zero-order chi connectivity index (χ0) is 20.7. The molecule has 5 rings (SSSR count). The normalized spacial score (nSPS) is 24.8. The smallest absolute Gasteiger partial charge is 0.257 e. The molecule has 30 heavy (non-hydrogen) atoms. The molecule has 2 aliphatic heterocycles. The fourth-order valence-electron chi connectivity index (χ4n) is 4.94. The molecule has 2 amide bonds. The van der Waals surface area contributed by atoms with E-state index in [0.29, 0.717) is 25.6 Å². The molecule has 2 aromatic carbocycles. The molecule has 1 spiro atoms. The lowest BCUT2D eigenvalue weighted by Crippen LogP contribution is -2.54. The standard InChI is InChI=1S/C24H25FN2O2S/c25-21-9-5-4-8-18(21)23(29)27-14-15-30-24(27)10-12-26(13-11-24)22(28)20-16-19(20)17-6-2-1-3-7-17/h1-9,19-20H,10-16H2/t19-,20?/m0/s1. The first kappa shape index (κ1) is 19.6. The quantitative estimate of drug-likeness (QED) is 0.744. The average Bonchev–Trinajstić information content (AvgIpc) is 3.49. The number of hydrogen-bond acceptors (Lipinski definition) is 3. The topological polar surface area (TPSA) is 40.6 Å². The molecule has 0 N–H and O–H groups in total. The van der Waals surface area contributed by atoms with Crippen molar-refractivity contribution >= 4 is 23.6 Å². The van der Waals surface area contributed by atoms with Crippen molar-refractivity contribution in [2.75, 3.05) is 25.4 Å². The molecular formula is C24H25FN2O2S. The predicted molar refractivity (Wildman–Crippen MR) is 116 cm³/mol. The number of nitrogens with zero attached hydrogens (tertiary/aromatic N) is 2. The summed E-state index contributed by atoms with van der Waals surface area (Å²) in [7, 11) is 0. The Bertz CT molecular complexity index is 959. The van der Waals surface area contributed by atoms with Crippen molar-refractivity contribution in [1.82, 2.24) is 9.80 Å². The molecule has 3 fully saturated rings. The van der Waals surface area contributed by atoms with Crippen LogP contribution in [0, 0.1) is 11.7 Å². The zero-order valence-electron chi connectivity index (χ0n) is 16.8. The molecule has 2 heterocycles. The number of likely N-dealkylation sites (tertiary alicyclic amines) is 1. The van der Waals surface area contributed by atoms with E-state index in [-0.39, 0.29) is 28.2 Å². The molecule has 156 valence electrons. The van der Waals surface area contributed by atoms with Crippen molar-refractivity contribution in [1.29, 1.82) is 0 Å². The molecule has 6 heteroatoms. The molecule has 0 bridgehead atoms. The summed E-state index contributed by atoms with van der Waals surface area (Å²) < 4.78 is 14.2. The van der Waals surface area contributed by atoms with Gasteiger partial charge in [0.25, 0.3) is 5.91 Å². The first-order chi connectivity index (χ1) is 14.6. The fourth-order valence-corrected chi connectivity index (χ4v) is 6.39. The second kappa shape index (κ2) is 7.73. The van der Waals surface area contributed by atoms with Gasteiger partial charge in [0.1, 0.15) is 5.82 Å². The maximum atomic E-state index is 14.2. The van der Waals surface area contributed by atoms with Gasteiger partial charge >= 0.3 is 0 Å². The van der Waals surface area contributed by atoms with Gasteiger partial charge in [0.15, 0.2) is 0 Å². The van der Waals surface area contributed by atoms with E-state index in [0.717, 1.165) is 25.0 Å². The van der Waals surface area contributed by atoms with Crippen LogP contribution >= 0.6 is 11.8 Å². The molecule has 4 nitrogen and oxygen atoms in total. The lowest BCUT2D eigenvalue weighted by atomic mass is 10.00. The second-order valence-electron chi connectivity index (χ2n) is 8.42. The summed E-state index contributed by atoms with van der Waals surface area (Å²) in [6, 6.07) is 16.5. The van der Waals surface area contributed by atoms with E-state index in [4.69, 9.17) is 0 Å². The van der Waals surface area contributed by atoms with Gasteiger partial charge in [0.05, 0.1) is 10.4 Å². The molecule has 0 radical (unpaired) electrons. The van der Waals surface area contributed by atoms with Crippen LogP contribution in [-0.4, -0.2) is 51.9 Å². The van der Waals surface area contributed by atoms with Gasteiger partial charge in [-0.15, -0.1) is 11.8 Å². The van der Waals surface area contributed by atoms with Crippen LogP contribution in [0.25, 0.3) is 0 Å². The number of rotatable bonds is 3. The third-order valence-electron chi connectivity index (χ3n) is 6.72. The van der Waals surface area contributed by atoms with Gasteiger partial charge in [-0.2, -0.15) is 0 Å². The number of amides is 2. The molecule has 2 saturated heterocycles. The van der Waals surface area contributed by atoms with Gasteiger partial charge in [0.2, 0.25) is 5.91 Å². The highest BCUT2D eigenvalue weighted by Crippen LogP contribution is 2.50. The summed E-state index contributed by atoms with van der Waals surface area (Å²) in [6.45, 7) is 1.94. The van der Waals surface area contributed by atoms with Gasteiger partial charge in [-0.1, -0.05) is 42.5 Å². The minimum atomic E-state index is -0.470. The van der Waals surface area contributed by atoms with E-state index < -0.39 is 5.82 Å². The van der Waals surface area contributed by atoms with Gasteiger partial charge in [-0.3, -0.25) is 9.59 Å². The Hall–Kier alpha value is -2.34. The lowest BCUT2D eigenvalue weighted by molar-refractivity contribution is -0.134. The summed E-state index contributed by atoms with van der Waals surface area (Å²) in [4.78, 5) is 29.6. The van der Waals surface area contributed by atoms with Gasteiger partial charge in [-0.25, -0.2) is 4.39 Å². The van der Waals surface area contributed by atoms with E-state index in [1.807, 2.05) is 28.0 Å². The third-order valence-corrected chi connectivity index (χ3v) is 8.27. The Balaban J connectivity index is 1.24. The molecule has 1 saturated carbocycles. The monoisotopic (exact) mass is 424 g/mol. The molecule has 1 aliphatic carbocycles. The van der Waals surface area contributed by atoms with Crippen molar-refractivity contribution in [2.45, 2.75) is 30.1 Å². The second-order valence-corrected chi connectivity index (χ2v) is 9.87. The van der Waals surface area contributed by atoms with Crippen molar-refractivity contribution in [3.05, 3.63) is 71.5 Å². The highest BCUT2D eigenvalue weighted by Gasteiger charge is 2.50. The third kappa shape index (κ3) is 3.41. The Morgan fingerprint density at radius 2 is 1.67 bits per heavy atom. The summed E-state index contributed by atoms with van der Waals surface area (Å²) in [6.07, 6.45) is 2.41. The number of piperidine rings is 1. The first-order valence-electron chi connectivity index (χ1n) is 10.6.